The summed E-state index contributed by atoms with van der Waals surface area (Å²) in [4.78, 5) is 5.15. The van der Waals surface area contributed by atoms with Crippen molar-refractivity contribution in [1.82, 2.24) is 4.98 Å². The van der Waals surface area contributed by atoms with Gasteiger partial charge in [-0.25, -0.2) is 0 Å². The van der Waals surface area contributed by atoms with Crippen molar-refractivity contribution < 1.29 is 5.11 Å². The van der Waals surface area contributed by atoms with E-state index in [2.05, 4.69) is 4.98 Å². The Labute approximate surface area is 120 Å². The van der Waals surface area contributed by atoms with Gasteiger partial charge in [-0.15, -0.1) is 11.3 Å². The lowest BCUT2D eigenvalue weighted by Gasteiger charge is -2.11. The van der Waals surface area contributed by atoms with Gasteiger partial charge >= 0.3 is 0 Å². The van der Waals surface area contributed by atoms with Gasteiger partial charge in [0.15, 0.2) is 0 Å². The highest BCUT2D eigenvalue weighted by Gasteiger charge is 2.15. The van der Waals surface area contributed by atoms with Gasteiger partial charge in [0.05, 0.1) is 21.5 Å². The maximum absolute atomic E-state index is 10.3. The lowest BCUT2D eigenvalue weighted by Crippen LogP contribution is -2.01. The first kappa shape index (κ1) is 12.6. The van der Waals surface area contributed by atoms with Gasteiger partial charge in [0.2, 0.25) is 0 Å². The largest absolute Gasteiger partial charge is 0.387 e. The van der Waals surface area contributed by atoms with E-state index in [4.69, 9.17) is 11.6 Å². The van der Waals surface area contributed by atoms with Crippen LogP contribution in [0, 0.1) is 0 Å². The predicted octanol–water partition coefficient (Wildman–Crippen LogP) is 4.23. The molecule has 0 aliphatic heterocycles. The second-order valence-electron chi connectivity index (χ2n) is 4.34. The van der Waals surface area contributed by atoms with Crippen LogP contribution < -0.4 is 0 Å². The minimum Gasteiger partial charge on any atom is -0.387 e. The van der Waals surface area contributed by atoms with Crippen molar-refractivity contribution in [3.8, 4) is 0 Å². The zero-order valence-corrected chi connectivity index (χ0v) is 11.7. The Kier molecular flexibility index (Phi) is 3.51. The molecule has 2 nitrogen and oxygen atoms in total. The second kappa shape index (κ2) is 5.29. The number of benzene rings is 1. The Morgan fingerprint density at radius 1 is 1.21 bits per heavy atom. The summed E-state index contributed by atoms with van der Waals surface area (Å²) in [6, 6.07) is 11.7. The van der Waals surface area contributed by atoms with Gasteiger partial charge in [0.1, 0.15) is 0 Å². The lowest BCUT2D eigenvalue weighted by atomic mass is 10.0. The minimum atomic E-state index is -0.571. The monoisotopic (exact) mass is 289 g/mol. The third-order valence-corrected chi connectivity index (χ3v) is 4.56. The fraction of sp³-hybridized carbons (Fsp3) is 0.133. The molecule has 0 spiro atoms. The van der Waals surface area contributed by atoms with Gasteiger partial charge in [-0.1, -0.05) is 29.8 Å². The average molecular weight is 290 g/mol. The number of nitrogens with zero attached hydrogens (tertiary/aromatic N) is 1. The van der Waals surface area contributed by atoms with Gasteiger partial charge in [0.25, 0.3) is 0 Å². The Morgan fingerprint density at radius 2 is 2.05 bits per heavy atom. The van der Waals surface area contributed by atoms with Crippen molar-refractivity contribution in [2.24, 2.45) is 0 Å². The van der Waals surface area contributed by atoms with Crippen LogP contribution >= 0.6 is 22.9 Å². The molecule has 3 aromatic rings. The van der Waals surface area contributed by atoms with Gasteiger partial charge in [-0.05, 0) is 29.1 Å². The van der Waals surface area contributed by atoms with Gasteiger partial charge < -0.3 is 5.11 Å². The van der Waals surface area contributed by atoms with Gasteiger partial charge in [-0.2, -0.15) is 0 Å². The van der Waals surface area contributed by atoms with Crippen molar-refractivity contribution in [3.05, 3.63) is 63.4 Å². The number of thiophene rings is 1. The summed E-state index contributed by atoms with van der Waals surface area (Å²) in [5.74, 6) is 0. The first-order valence-corrected chi connectivity index (χ1v) is 7.25. The third kappa shape index (κ3) is 2.50. The van der Waals surface area contributed by atoms with Crippen molar-refractivity contribution in [2.45, 2.75) is 12.5 Å². The summed E-state index contributed by atoms with van der Waals surface area (Å²) in [7, 11) is 0. The summed E-state index contributed by atoms with van der Waals surface area (Å²) in [5, 5.41) is 13.9. The predicted molar refractivity (Wildman–Crippen MR) is 79.7 cm³/mol. The smallest absolute Gasteiger partial charge is 0.0937 e. The topological polar surface area (TPSA) is 33.1 Å². The highest BCUT2D eigenvalue weighted by atomic mass is 35.5. The number of para-hydroxylation sites is 1. The number of hydrogen-bond donors (Lipinski definition) is 1. The quantitative estimate of drug-likeness (QED) is 0.783. The fourth-order valence-corrected chi connectivity index (χ4v) is 3.35. The first-order valence-electron chi connectivity index (χ1n) is 5.99. The summed E-state index contributed by atoms with van der Waals surface area (Å²) in [6.45, 7) is 0. The molecule has 96 valence electrons. The maximum atomic E-state index is 10.3. The third-order valence-electron chi connectivity index (χ3n) is 3.10. The Bertz CT molecular complexity index is 705. The number of aliphatic hydroxyl groups excluding tert-OH is 1. The van der Waals surface area contributed by atoms with Crippen LogP contribution in [0.15, 0.2) is 48.0 Å². The van der Waals surface area contributed by atoms with Gasteiger partial charge in [-0.3, -0.25) is 4.98 Å². The molecule has 0 amide bonds. The SMILES string of the molecule is OC(Cc1ccnc2ccccc12)c1sccc1Cl. The molecule has 1 atom stereocenters. The van der Waals surface area contributed by atoms with E-state index < -0.39 is 6.10 Å². The molecule has 0 saturated carbocycles. The van der Waals surface area contributed by atoms with E-state index >= 15 is 0 Å². The van der Waals surface area contributed by atoms with Crippen LogP contribution in [0.2, 0.25) is 5.02 Å². The molecule has 4 heteroatoms. The van der Waals surface area contributed by atoms with Crippen LogP contribution in [-0.4, -0.2) is 10.1 Å². The first-order chi connectivity index (χ1) is 9.25. The minimum absolute atomic E-state index is 0.545. The van der Waals surface area contributed by atoms with Crippen LogP contribution in [0.1, 0.15) is 16.5 Å². The van der Waals surface area contributed by atoms with Crippen LogP contribution in [0.4, 0.5) is 0 Å². The zero-order valence-electron chi connectivity index (χ0n) is 10.1. The number of aliphatic hydroxyl groups is 1. The van der Waals surface area contributed by atoms with Crippen LogP contribution in [0.3, 0.4) is 0 Å². The molecule has 2 aromatic heterocycles. The van der Waals surface area contributed by atoms with Crippen molar-refractivity contribution in [1.29, 1.82) is 0 Å². The summed E-state index contributed by atoms with van der Waals surface area (Å²) >= 11 is 7.54. The molecule has 3 rings (SSSR count). The highest BCUT2D eigenvalue weighted by Crippen LogP contribution is 2.31. The molecule has 0 aliphatic carbocycles. The maximum Gasteiger partial charge on any atom is 0.0937 e. The number of halogens is 1. The molecule has 0 saturated heterocycles. The van der Waals surface area contributed by atoms with E-state index in [1.165, 1.54) is 11.3 Å². The van der Waals surface area contributed by atoms with E-state index in [-0.39, 0.29) is 0 Å². The van der Waals surface area contributed by atoms with E-state index in [9.17, 15) is 5.11 Å². The van der Waals surface area contributed by atoms with E-state index in [1.807, 2.05) is 41.8 Å². The van der Waals surface area contributed by atoms with Crippen molar-refractivity contribution in [3.63, 3.8) is 0 Å². The summed E-state index contributed by atoms with van der Waals surface area (Å²) in [6.07, 6.45) is 1.75. The molecular formula is C15H12ClNOS. The molecule has 0 radical (unpaired) electrons. The summed E-state index contributed by atoms with van der Waals surface area (Å²) < 4.78 is 0. The second-order valence-corrected chi connectivity index (χ2v) is 5.69. The molecule has 1 N–H and O–H groups in total. The number of fused-ring (bicyclic) bond motifs is 1. The Hall–Kier alpha value is -1.42. The van der Waals surface area contributed by atoms with E-state index in [1.54, 1.807) is 6.20 Å². The molecule has 0 fully saturated rings. The number of pyridine rings is 1. The number of hydrogen-bond acceptors (Lipinski definition) is 3. The van der Waals surface area contributed by atoms with Crippen LogP contribution in [-0.2, 0) is 6.42 Å². The lowest BCUT2D eigenvalue weighted by molar-refractivity contribution is 0.183. The molecule has 1 aromatic carbocycles. The molecular weight excluding hydrogens is 278 g/mol. The fourth-order valence-electron chi connectivity index (χ4n) is 2.18. The van der Waals surface area contributed by atoms with E-state index in [0.717, 1.165) is 21.3 Å². The zero-order chi connectivity index (χ0) is 13.2. The molecule has 19 heavy (non-hydrogen) atoms. The standard InChI is InChI=1S/C15H12ClNOS/c16-12-6-8-19-15(12)14(18)9-10-5-7-17-13-4-2-1-3-11(10)13/h1-8,14,18H,9H2. The molecule has 2 heterocycles. The van der Waals surface area contributed by atoms with Gasteiger partial charge in [0, 0.05) is 18.0 Å². The van der Waals surface area contributed by atoms with Crippen molar-refractivity contribution >= 4 is 33.8 Å². The number of rotatable bonds is 3. The normalized spacial score (nSPS) is 12.7. The molecule has 0 bridgehead atoms. The number of aromatic nitrogens is 1. The Morgan fingerprint density at radius 3 is 2.84 bits per heavy atom. The average Bonchev–Trinajstić information content (AvgIpc) is 2.85. The highest BCUT2D eigenvalue weighted by molar-refractivity contribution is 7.10. The van der Waals surface area contributed by atoms with Crippen LogP contribution in [0.25, 0.3) is 10.9 Å². The van der Waals surface area contributed by atoms with Crippen LogP contribution in [0.5, 0.6) is 0 Å². The van der Waals surface area contributed by atoms with E-state index in [0.29, 0.717) is 11.4 Å². The Balaban J connectivity index is 1.96. The van der Waals surface area contributed by atoms with Crippen molar-refractivity contribution in [2.75, 3.05) is 0 Å². The summed E-state index contributed by atoms with van der Waals surface area (Å²) in [5.41, 5.74) is 2.03. The molecule has 0 aliphatic rings. The molecule has 1 unspecified atom stereocenters.